The van der Waals surface area contributed by atoms with Gasteiger partial charge in [0.2, 0.25) is 0 Å². The summed E-state index contributed by atoms with van der Waals surface area (Å²) in [6.45, 7) is 1.39. The van der Waals surface area contributed by atoms with E-state index < -0.39 is 0 Å². The van der Waals surface area contributed by atoms with Crippen molar-refractivity contribution in [1.82, 2.24) is 14.5 Å². The van der Waals surface area contributed by atoms with E-state index in [2.05, 4.69) is 94.8 Å². The van der Waals surface area contributed by atoms with Crippen LogP contribution < -0.4 is 14.8 Å². The number of rotatable bonds is 10. The average Bonchev–Trinajstić information content (AvgIpc) is 3.37. The van der Waals surface area contributed by atoms with Gasteiger partial charge in [0.25, 0.3) is 0 Å². The van der Waals surface area contributed by atoms with Gasteiger partial charge in [0.05, 0.1) is 25.3 Å². The van der Waals surface area contributed by atoms with Crippen molar-refractivity contribution in [3.05, 3.63) is 127 Å². The first-order valence-electron chi connectivity index (χ1n) is 13.7. The molecule has 0 unspecified atom stereocenters. The summed E-state index contributed by atoms with van der Waals surface area (Å²) >= 11 is 0. The summed E-state index contributed by atoms with van der Waals surface area (Å²) in [5.74, 6) is 2.27. The van der Waals surface area contributed by atoms with Crippen molar-refractivity contribution in [3.63, 3.8) is 0 Å². The highest BCUT2D eigenvalue weighted by molar-refractivity contribution is 6.08. The average molecular weight is 541 g/mol. The van der Waals surface area contributed by atoms with Crippen LogP contribution in [-0.4, -0.2) is 35.3 Å². The van der Waals surface area contributed by atoms with Crippen molar-refractivity contribution in [2.75, 3.05) is 26.1 Å². The molecule has 0 radical (unpaired) electrons. The first-order valence-corrected chi connectivity index (χ1v) is 13.7. The number of ether oxygens (including phenoxy) is 2. The van der Waals surface area contributed by atoms with Gasteiger partial charge in [-0.15, -0.1) is 0 Å². The minimum Gasteiger partial charge on any atom is -0.493 e. The molecule has 0 saturated carbocycles. The van der Waals surface area contributed by atoms with E-state index in [1.54, 1.807) is 20.5 Å². The van der Waals surface area contributed by atoms with E-state index in [-0.39, 0.29) is 0 Å². The Morgan fingerprint density at radius 3 is 2.02 bits per heavy atom. The predicted octanol–water partition coefficient (Wildman–Crippen LogP) is 7.49. The van der Waals surface area contributed by atoms with Gasteiger partial charge in [-0.25, -0.2) is 9.97 Å². The van der Waals surface area contributed by atoms with E-state index in [1.165, 1.54) is 5.56 Å². The number of hydrogen-bond donors (Lipinski definition) is 1. The maximum Gasteiger partial charge on any atom is 0.160 e. The molecular weight excluding hydrogens is 508 g/mol. The third kappa shape index (κ3) is 5.37. The van der Waals surface area contributed by atoms with E-state index in [0.29, 0.717) is 13.1 Å². The molecule has 41 heavy (non-hydrogen) atoms. The molecular formula is C35H32N4O2. The molecule has 4 aromatic carbocycles. The Labute approximate surface area is 240 Å². The molecule has 0 aliphatic rings. The van der Waals surface area contributed by atoms with Crippen LogP contribution in [0.25, 0.3) is 33.4 Å². The van der Waals surface area contributed by atoms with Crippen LogP contribution in [0, 0.1) is 0 Å². The molecule has 6 aromatic rings. The van der Waals surface area contributed by atoms with Gasteiger partial charge in [-0.2, -0.15) is 0 Å². The fourth-order valence-corrected chi connectivity index (χ4v) is 5.37. The van der Waals surface area contributed by atoms with E-state index in [4.69, 9.17) is 19.4 Å². The van der Waals surface area contributed by atoms with Crippen molar-refractivity contribution >= 4 is 16.9 Å². The summed E-state index contributed by atoms with van der Waals surface area (Å²) in [6, 6.07) is 37.7. The minimum absolute atomic E-state index is 0.691. The summed E-state index contributed by atoms with van der Waals surface area (Å²) in [6.07, 6.45) is 2.45. The number of nitrogens with zero attached hydrogens (tertiary/aromatic N) is 3. The second kappa shape index (κ2) is 12.0. The molecule has 2 aromatic heterocycles. The molecule has 0 spiro atoms. The third-order valence-corrected chi connectivity index (χ3v) is 7.29. The van der Waals surface area contributed by atoms with Crippen LogP contribution in [-0.2, 0) is 13.0 Å². The maximum absolute atomic E-state index is 5.50. The Bertz CT molecular complexity index is 1750. The highest BCUT2D eigenvalue weighted by Gasteiger charge is 2.24. The first-order chi connectivity index (χ1) is 20.3. The van der Waals surface area contributed by atoms with Crippen LogP contribution in [0.3, 0.4) is 0 Å². The van der Waals surface area contributed by atoms with Gasteiger partial charge in [-0.05, 0) is 40.8 Å². The summed E-state index contributed by atoms with van der Waals surface area (Å²) in [4.78, 5) is 9.62. The maximum atomic E-state index is 5.50. The fourth-order valence-electron chi connectivity index (χ4n) is 5.37. The molecule has 2 heterocycles. The standard InChI is InChI=1S/C35H32N4O2/c1-40-29-19-18-25(22-30(29)41-2)20-21-36-34-32-31(27-14-8-4-9-15-27)33(28-16-10-5-11-17-28)39(35(32)38-24-37-34)23-26-12-6-3-7-13-26/h3-19,22,24H,20-21,23H2,1-2H3,(H,36,37,38). The summed E-state index contributed by atoms with van der Waals surface area (Å²) < 4.78 is 13.2. The van der Waals surface area contributed by atoms with Crippen LogP contribution in [0.15, 0.2) is 116 Å². The van der Waals surface area contributed by atoms with Crippen LogP contribution >= 0.6 is 0 Å². The number of methoxy groups -OCH3 is 2. The van der Waals surface area contributed by atoms with Gasteiger partial charge in [0.1, 0.15) is 17.8 Å². The lowest BCUT2D eigenvalue weighted by atomic mass is 9.98. The van der Waals surface area contributed by atoms with Gasteiger partial charge in [0, 0.05) is 18.7 Å². The Morgan fingerprint density at radius 2 is 1.34 bits per heavy atom. The molecule has 0 amide bonds. The highest BCUT2D eigenvalue weighted by atomic mass is 16.5. The van der Waals surface area contributed by atoms with Crippen molar-refractivity contribution in [2.45, 2.75) is 13.0 Å². The molecule has 6 rings (SSSR count). The van der Waals surface area contributed by atoms with E-state index >= 15 is 0 Å². The first kappa shape index (κ1) is 26.1. The molecule has 204 valence electrons. The second-order valence-corrected chi connectivity index (χ2v) is 9.81. The summed E-state index contributed by atoms with van der Waals surface area (Å²) in [5.41, 5.74) is 7.77. The molecule has 6 heteroatoms. The molecule has 0 bridgehead atoms. The molecule has 0 saturated heterocycles. The van der Waals surface area contributed by atoms with Gasteiger partial charge in [-0.3, -0.25) is 0 Å². The largest absolute Gasteiger partial charge is 0.493 e. The van der Waals surface area contributed by atoms with Gasteiger partial charge in [0.15, 0.2) is 11.5 Å². The Morgan fingerprint density at radius 1 is 0.683 bits per heavy atom. The summed E-state index contributed by atoms with van der Waals surface area (Å²) in [5, 5.41) is 4.65. The normalized spacial score (nSPS) is 11.0. The Hall–Kier alpha value is -5.10. The lowest BCUT2D eigenvalue weighted by molar-refractivity contribution is 0.354. The number of anilines is 1. The van der Waals surface area contributed by atoms with Gasteiger partial charge in [-0.1, -0.05) is 97.1 Å². The number of nitrogens with one attached hydrogen (secondary N) is 1. The van der Waals surface area contributed by atoms with E-state index in [9.17, 15) is 0 Å². The zero-order valence-electron chi connectivity index (χ0n) is 23.2. The molecule has 0 aliphatic heterocycles. The van der Waals surface area contributed by atoms with E-state index in [0.717, 1.165) is 62.7 Å². The highest BCUT2D eigenvalue weighted by Crippen LogP contribution is 2.43. The third-order valence-electron chi connectivity index (χ3n) is 7.29. The molecule has 1 N–H and O–H groups in total. The SMILES string of the molecule is COc1ccc(CCNc2ncnc3c2c(-c2ccccc2)c(-c2ccccc2)n3Cc2ccccc2)cc1OC. The van der Waals surface area contributed by atoms with Crippen LogP contribution in [0.2, 0.25) is 0 Å². The lowest BCUT2D eigenvalue weighted by Gasteiger charge is -2.13. The van der Waals surface area contributed by atoms with Crippen LogP contribution in [0.5, 0.6) is 11.5 Å². The van der Waals surface area contributed by atoms with Crippen molar-refractivity contribution in [3.8, 4) is 33.9 Å². The van der Waals surface area contributed by atoms with Gasteiger partial charge >= 0.3 is 0 Å². The number of benzene rings is 4. The van der Waals surface area contributed by atoms with Crippen molar-refractivity contribution < 1.29 is 9.47 Å². The monoisotopic (exact) mass is 540 g/mol. The second-order valence-electron chi connectivity index (χ2n) is 9.81. The van der Waals surface area contributed by atoms with Gasteiger partial charge < -0.3 is 19.4 Å². The zero-order valence-corrected chi connectivity index (χ0v) is 23.2. The number of aromatic nitrogens is 3. The topological polar surface area (TPSA) is 61.2 Å². The Kier molecular flexibility index (Phi) is 7.63. The van der Waals surface area contributed by atoms with E-state index in [1.807, 2.05) is 24.3 Å². The van der Waals surface area contributed by atoms with Crippen molar-refractivity contribution in [1.29, 1.82) is 0 Å². The smallest absolute Gasteiger partial charge is 0.160 e. The zero-order chi connectivity index (χ0) is 28.0. The summed E-state index contributed by atoms with van der Waals surface area (Å²) in [7, 11) is 3.31. The molecule has 6 nitrogen and oxygen atoms in total. The number of fused-ring (bicyclic) bond motifs is 1. The van der Waals surface area contributed by atoms with Crippen molar-refractivity contribution in [2.24, 2.45) is 0 Å². The predicted molar refractivity (Wildman–Crippen MR) is 166 cm³/mol. The van der Waals surface area contributed by atoms with Crippen LogP contribution in [0.4, 0.5) is 5.82 Å². The van der Waals surface area contributed by atoms with Crippen LogP contribution in [0.1, 0.15) is 11.1 Å². The number of hydrogen-bond acceptors (Lipinski definition) is 5. The minimum atomic E-state index is 0.691. The molecule has 0 atom stereocenters. The quantitative estimate of drug-likeness (QED) is 0.195. The lowest BCUT2D eigenvalue weighted by Crippen LogP contribution is -2.08. The molecule has 0 aliphatic carbocycles. The molecule has 0 fully saturated rings. The fraction of sp³-hybridized carbons (Fsp3) is 0.143. The Balaban J connectivity index is 1.47.